The smallest absolute Gasteiger partial charge is 0.191 e. The van der Waals surface area contributed by atoms with Gasteiger partial charge in [0.2, 0.25) is 0 Å². The average molecular weight is 351 g/mol. The minimum absolute atomic E-state index is 0.629. The summed E-state index contributed by atoms with van der Waals surface area (Å²) in [5.74, 6) is 2.42. The standard InChI is InChI=1S/C19H33N3O3/c1-5-20-19(22-13-14-24-6-2)21-12-8-9-16-10-11-17(23-4)18(15-16)25-7-3/h10-11,15H,5-9,12-14H2,1-4H3,(H2,20,21,22). The van der Waals surface area contributed by atoms with Crippen LogP contribution in [0.1, 0.15) is 32.8 Å². The van der Waals surface area contributed by atoms with Crippen molar-refractivity contribution >= 4 is 5.96 Å². The molecule has 0 radical (unpaired) electrons. The van der Waals surface area contributed by atoms with E-state index in [0.717, 1.165) is 56.5 Å². The van der Waals surface area contributed by atoms with Crippen LogP contribution in [0.4, 0.5) is 0 Å². The summed E-state index contributed by atoms with van der Waals surface area (Å²) in [5.41, 5.74) is 1.23. The second-order valence-corrected chi connectivity index (χ2v) is 5.41. The largest absolute Gasteiger partial charge is 0.493 e. The zero-order valence-electron chi connectivity index (χ0n) is 16.1. The highest BCUT2D eigenvalue weighted by Gasteiger charge is 2.05. The second kappa shape index (κ2) is 13.4. The van der Waals surface area contributed by atoms with Gasteiger partial charge in [0.1, 0.15) is 0 Å². The lowest BCUT2D eigenvalue weighted by Gasteiger charge is -2.12. The van der Waals surface area contributed by atoms with Gasteiger partial charge in [-0.25, -0.2) is 0 Å². The molecule has 1 aromatic rings. The van der Waals surface area contributed by atoms with Gasteiger partial charge in [-0.3, -0.25) is 4.99 Å². The first-order chi connectivity index (χ1) is 12.2. The molecule has 1 aromatic carbocycles. The minimum Gasteiger partial charge on any atom is -0.493 e. The Labute approximate surface area is 152 Å². The van der Waals surface area contributed by atoms with Crippen molar-refractivity contribution in [2.45, 2.75) is 33.6 Å². The molecule has 6 heteroatoms. The summed E-state index contributed by atoms with van der Waals surface area (Å²) >= 11 is 0. The van der Waals surface area contributed by atoms with Gasteiger partial charge in [0, 0.05) is 26.2 Å². The molecule has 0 aliphatic carbocycles. The number of hydrogen-bond donors (Lipinski definition) is 2. The van der Waals surface area contributed by atoms with Gasteiger partial charge in [0.05, 0.1) is 20.3 Å². The zero-order chi connectivity index (χ0) is 18.3. The molecule has 0 aliphatic heterocycles. The number of aryl methyl sites for hydroxylation is 1. The highest BCUT2D eigenvalue weighted by atomic mass is 16.5. The number of guanidine groups is 1. The molecule has 0 heterocycles. The molecule has 0 spiro atoms. The van der Waals surface area contributed by atoms with Crippen molar-refractivity contribution in [1.29, 1.82) is 0 Å². The third kappa shape index (κ3) is 8.63. The number of benzene rings is 1. The van der Waals surface area contributed by atoms with E-state index in [2.05, 4.69) is 34.7 Å². The molecule has 0 fully saturated rings. The van der Waals surface area contributed by atoms with Crippen LogP contribution in [-0.2, 0) is 11.2 Å². The van der Waals surface area contributed by atoms with Crippen LogP contribution >= 0.6 is 0 Å². The summed E-state index contributed by atoms with van der Waals surface area (Å²) in [6.07, 6.45) is 1.92. The minimum atomic E-state index is 0.629. The van der Waals surface area contributed by atoms with Gasteiger partial charge in [0.15, 0.2) is 17.5 Å². The van der Waals surface area contributed by atoms with Gasteiger partial charge in [-0.15, -0.1) is 0 Å². The number of nitrogens with zero attached hydrogens (tertiary/aromatic N) is 1. The Kier molecular flexibility index (Phi) is 11.3. The van der Waals surface area contributed by atoms with Crippen molar-refractivity contribution in [1.82, 2.24) is 10.6 Å². The molecule has 6 nitrogen and oxygen atoms in total. The Bertz CT molecular complexity index is 507. The van der Waals surface area contributed by atoms with E-state index >= 15 is 0 Å². The van der Waals surface area contributed by atoms with Gasteiger partial charge in [-0.05, 0) is 51.3 Å². The number of nitrogens with one attached hydrogen (secondary N) is 2. The van der Waals surface area contributed by atoms with Crippen LogP contribution in [0, 0.1) is 0 Å². The summed E-state index contributed by atoms with van der Waals surface area (Å²) in [6, 6.07) is 6.09. The van der Waals surface area contributed by atoms with Gasteiger partial charge < -0.3 is 24.8 Å². The van der Waals surface area contributed by atoms with Crippen molar-refractivity contribution in [2.24, 2.45) is 4.99 Å². The monoisotopic (exact) mass is 351 g/mol. The molecule has 0 saturated carbocycles. The molecule has 142 valence electrons. The summed E-state index contributed by atoms with van der Waals surface area (Å²) in [7, 11) is 1.66. The fraction of sp³-hybridized carbons (Fsp3) is 0.632. The predicted octanol–water partition coefficient (Wildman–Crippen LogP) is 2.62. The van der Waals surface area contributed by atoms with Crippen molar-refractivity contribution in [3.63, 3.8) is 0 Å². The van der Waals surface area contributed by atoms with Crippen molar-refractivity contribution in [2.75, 3.05) is 46.6 Å². The fourth-order valence-electron chi connectivity index (χ4n) is 2.35. The number of hydrogen-bond acceptors (Lipinski definition) is 4. The normalized spacial score (nSPS) is 11.3. The molecule has 25 heavy (non-hydrogen) atoms. The van der Waals surface area contributed by atoms with Crippen LogP contribution in [0.2, 0.25) is 0 Å². The summed E-state index contributed by atoms with van der Waals surface area (Å²) in [4.78, 5) is 4.60. The molecule has 0 saturated heterocycles. The molecule has 0 aliphatic rings. The summed E-state index contributed by atoms with van der Waals surface area (Å²) in [6.45, 7) is 10.5. The maximum absolute atomic E-state index is 5.62. The van der Waals surface area contributed by atoms with Crippen LogP contribution in [0.3, 0.4) is 0 Å². The van der Waals surface area contributed by atoms with Crippen molar-refractivity contribution in [3.8, 4) is 11.5 Å². The third-order valence-corrected chi connectivity index (χ3v) is 3.51. The van der Waals surface area contributed by atoms with Gasteiger partial charge in [-0.1, -0.05) is 6.07 Å². The first-order valence-corrected chi connectivity index (χ1v) is 9.14. The van der Waals surface area contributed by atoms with E-state index in [9.17, 15) is 0 Å². The van der Waals surface area contributed by atoms with Crippen LogP contribution < -0.4 is 20.1 Å². The Balaban J connectivity index is 2.46. The molecule has 0 amide bonds. The lowest BCUT2D eigenvalue weighted by atomic mass is 10.1. The van der Waals surface area contributed by atoms with E-state index in [1.807, 2.05) is 19.9 Å². The van der Waals surface area contributed by atoms with Gasteiger partial charge in [-0.2, -0.15) is 0 Å². The fourth-order valence-corrected chi connectivity index (χ4v) is 2.35. The van der Waals surface area contributed by atoms with Crippen molar-refractivity contribution < 1.29 is 14.2 Å². The third-order valence-electron chi connectivity index (χ3n) is 3.51. The highest BCUT2D eigenvalue weighted by Crippen LogP contribution is 2.28. The first-order valence-electron chi connectivity index (χ1n) is 9.14. The van der Waals surface area contributed by atoms with E-state index in [-0.39, 0.29) is 0 Å². The Hall–Kier alpha value is -1.95. The number of aliphatic imine (C=N–C) groups is 1. The predicted molar refractivity (Wildman–Crippen MR) is 103 cm³/mol. The average Bonchev–Trinajstić information content (AvgIpc) is 2.62. The van der Waals surface area contributed by atoms with Crippen LogP contribution in [-0.4, -0.2) is 52.5 Å². The molecular formula is C19H33N3O3. The maximum atomic E-state index is 5.62. The van der Waals surface area contributed by atoms with E-state index < -0.39 is 0 Å². The van der Waals surface area contributed by atoms with E-state index in [1.165, 1.54) is 5.56 Å². The molecule has 1 rings (SSSR count). The van der Waals surface area contributed by atoms with Gasteiger partial charge in [0.25, 0.3) is 0 Å². The highest BCUT2D eigenvalue weighted by molar-refractivity contribution is 5.79. The quantitative estimate of drug-likeness (QED) is 0.344. The van der Waals surface area contributed by atoms with Gasteiger partial charge >= 0.3 is 0 Å². The van der Waals surface area contributed by atoms with E-state index in [4.69, 9.17) is 14.2 Å². The van der Waals surface area contributed by atoms with Crippen LogP contribution in [0.5, 0.6) is 11.5 Å². The summed E-state index contributed by atoms with van der Waals surface area (Å²) in [5, 5.41) is 6.52. The summed E-state index contributed by atoms with van der Waals surface area (Å²) < 4.78 is 16.3. The molecule has 2 N–H and O–H groups in total. The van der Waals surface area contributed by atoms with Crippen molar-refractivity contribution in [3.05, 3.63) is 23.8 Å². The molecule has 0 atom stereocenters. The molecule has 0 bridgehead atoms. The first kappa shape index (κ1) is 21.1. The topological polar surface area (TPSA) is 64.1 Å². The number of ether oxygens (including phenoxy) is 3. The molecular weight excluding hydrogens is 318 g/mol. The molecule has 0 aromatic heterocycles. The number of methoxy groups -OCH3 is 1. The lowest BCUT2D eigenvalue weighted by Crippen LogP contribution is -2.39. The zero-order valence-corrected chi connectivity index (χ0v) is 16.1. The van der Waals surface area contributed by atoms with E-state index in [1.54, 1.807) is 7.11 Å². The Morgan fingerprint density at radius 2 is 1.92 bits per heavy atom. The van der Waals surface area contributed by atoms with E-state index in [0.29, 0.717) is 13.2 Å². The number of rotatable bonds is 12. The Morgan fingerprint density at radius 1 is 1.08 bits per heavy atom. The molecule has 0 unspecified atom stereocenters. The Morgan fingerprint density at radius 3 is 2.60 bits per heavy atom. The maximum Gasteiger partial charge on any atom is 0.191 e. The van der Waals surface area contributed by atoms with Crippen LogP contribution in [0.15, 0.2) is 23.2 Å². The second-order valence-electron chi connectivity index (χ2n) is 5.41. The van der Waals surface area contributed by atoms with Crippen LogP contribution in [0.25, 0.3) is 0 Å². The lowest BCUT2D eigenvalue weighted by molar-refractivity contribution is 0.152. The SMILES string of the molecule is CCNC(=NCCCc1ccc(OC)c(OCC)c1)NCCOCC.